The largest absolute Gasteiger partial charge is 0.303 e. The van der Waals surface area contributed by atoms with E-state index < -0.39 is 0 Å². The fourth-order valence-electron chi connectivity index (χ4n) is 3.86. The summed E-state index contributed by atoms with van der Waals surface area (Å²) >= 11 is 0. The van der Waals surface area contributed by atoms with Gasteiger partial charge in [-0.05, 0) is 31.6 Å². The molecule has 2 aliphatic carbocycles. The van der Waals surface area contributed by atoms with Gasteiger partial charge in [-0.25, -0.2) is 0 Å². The fraction of sp³-hybridized carbons (Fsp3) is 0.933. The highest BCUT2D eigenvalue weighted by atomic mass is 16.1. The van der Waals surface area contributed by atoms with Crippen molar-refractivity contribution in [2.75, 3.05) is 0 Å². The topological polar surface area (TPSA) is 17.1 Å². The Kier molecular flexibility index (Phi) is 4.43. The molecule has 0 aliphatic heterocycles. The Bertz CT molecular complexity index is 205. The molecule has 1 heteroatoms. The molecule has 0 spiro atoms. The van der Waals surface area contributed by atoms with E-state index in [1.165, 1.54) is 83.3 Å². The van der Waals surface area contributed by atoms with Crippen LogP contribution in [0.3, 0.4) is 0 Å². The molecule has 0 unspecified atom stereocenters. The first kappa shape index (κ1) is 12.1. The minimum Gasteiger partial charge on any atom is -0.303 e. The van der Waals surface area contributed by atoms with Crippen molar-refractivity contribution in [3.05, 3.63) is 0 Å². The van der Waals surface area contributed by atoms with Crippen molar-refractivity contribution in [1.82, 2.24) is 0 Å². The molecule has 0 amide bonds. The normalized spacial score (nSPS) is 28.0. The maximum atomic E-state index is 11.6. The van der Waals surface area contributed by atoms with Gasteiger partial charge in [0.2, 0.25) is 0 Å². The van der Waals surface area contributed by atoms with Gasteiger partial charge in [0, 0.05) is 5.41 Å². The molecule has 0 atom stereocenters. The molecule has 0 bridgehead atoms. The predicted molar refractivity (Wildman–Crippen MR) is 67.4 cm³/mol. The Morgan fingerprint density at radius 1 is 0.750 bits per heavy atom. The van der Waals surface area contributed by atoms with Gasteiger partial charge >= 0.3 is 0 Å². The van der Waals surface area contributed by atoms with Crippen LogP contribution in [0.5, 0.6) is 0 Å². The van der Waals surface area contributed by atoms with Gasteiger partial charge in [-0.2, -0.15) is 0 Å². The van der Waals surface area contributed by atoms with Gasteiger partial charge in [-0.15, -0.1) is 0 Å². The van der Waals surface area contributed by atoms with Crippen LogP contribution in [0.2, 0.25) is 0 Å². The van der Waals surface area contributed by atoms with E-state index in [9.17, 15) is 4.79 Å². The quantitative estimate of drug-likeness (QED) is 0.497. The molecule has 0 heterocycles. The highest BCUT2D eigenvalue weighted by molar-refractivity contribution is 5.60. The fourth-order valence-corrected chi connectivity index (χ4v) is 3.86. The van der Waals surface area contributed by atoms with Gasteiger partial charge in [0.05, 0.1) is 0 Å². The molecular formula is C15H26O. The molecular weight excluding hydrogens is 196 g/mol. The van der Waals surface area contributed by atoms with Gasteiger partial charge in [-0.3, -0.25) is 0 Å². The zero-order valence-corrected chi connectivity index (χ0v) is 10.5. The van der Waals surface area contributed by atoms with Crippen LogP contribution in [0.4, 0.5) is 0 Å². The average Bonchev–Trinajstić information content (AvgIpc) is 2.72. The molecule has 1 nitrogen and oxygen atoms in total. The van der Waals surface area contributed by atoms with Crippen LogP contribution in [-0.4, -0.2) is 6.29 Å². The minimum absolute atomic E-state index is 0.0842. The first-order valence-electron chi connectivity index (χ1n) is 7.34. The maximum absolute atomic E-state index is 11.6. The molecule has 92 valence electrons. The van der Waals surface area contributed by atoms with E-state index in [-0.39, 0.29) is 5.41 Å². The molecule has 2 fully saturated rings. The second kappa shape index (κ2) is 5.84. The number of carbonyl (C=O) groups is 1. The van der Waals surface area contributed by atoms with Crippen LogP contribution >= 0.6 is 0 Å². The van der Waals surface area contributed by atoms with Crippen LogP contribution in [0, 0.1) is 11.3 Å². The monoisotopic (exact) mass is 222 g/mol. The van der Waals surface area contributed by atoms with Gasteiger partial charge in [0.15, 0.2) is 0 Å². The van der Waals surface area contributed by atoms with Crippen molar-refractivity contribution in [3.63, 3.8) is 0 Å². The number of aldehydes is 1. The summed E-state index contributed by atoms with van der Waals surface area (Å²) < 4.78 is 0. The molecule has 0 radical (unpaired) electrons. The van der Waals surface area contributed by atoms with Crippen LogP contribution in [0.1, 0.15) is 77.0 Å². The van der Waals surface area contributed by atoms with Crippen molar-refractivity contribution in [1.29, 1.82) is 0 Å². The van der Waals surface area contributed by atoms with Crippen LogP contribution in [0.15, 0.2) is 0 Å². The van der Waals surface area contributed by atoms with Gasteiger partial charge in [0.25, 0.3) is 0 Å². The number of carbonyl (C=O) groups excluding carboxylic acids is 1. The molecule has 0 aromatic carbocycles. The van der Waals surface area contributed by atoms with Gasteiger partial charge in [-0.1, -0.05) is 51.4 Å². The number of hydrogen-bond donors (Lipinski definition) is 0. The lowest BCUT2D eigenvalue weighted by Crippen LogP contribution is -2.31. The van der Waals surface area contributed by atoms with Crippen molar-refractivity contribution >= 4 is 6.29 Å². The zero-order chi connectivity index (χ0) is 11.3. The summed E-state index contributed by atoms with van der Waals surface area (Å²) in [7, 11) is 0. The summed E-state index contributed by atoms with van der Waals surface area (Å²) in [5.41, 5.74) is 0.0842. The Balaban J connectivity index is 2.07. The number of hydrogen-bond acceptors (Lipinski definition) is 1. The lowest BCUT2D eigenvalue weighted by atomic mass is 9.68. The summed E-state index contributed by atoms with van der Waals surface area (Å²) in [5, 5.41) is 0. The van der Waals surface area contributed by atoms with Crippen LogP contribution < -0.4 is 0 Å². The number of rotatable bonds is 2. The Labute approximate surface area is 100.0 Å². The second-order valence-corrected chi connectivity index (χ2v) is 5.95. The average molecular weight is 222 g/mol. The third-order valence-corrected chi connectivity index (χ3v) is 4.94. The maximum Gasteiger partial charge on any atom is 0.126 e. The molecule has 2 aliphatic rings. The van der Waals surface area contributed by atoms with E-state index in [1.54, 1.807) is 0 Å². The van der Waals surface area contributed by atoms with E-state index in [0.29, 0.717) is 5.92 Å². The van der Waals surface area contributed by atoms with E-state index in [2.05, 4.69) is 0 Å². The highest BCUT2D eigenvalue weighted by Gasteiger charge is 2.38. The first-order chi connectivity index (χ1) is 7.87. The molecule has 16 heavy (non-hydrogen) atoms. The van der Waals surface area contributed by atoms with E-state index >= 15 is 0 Å². The van der Waals surface area contributed by atoms with Gasteiger partial charge in [0.1, 0.15) is 6.29 Å². The molecule has 0 aromatic heterocycles. The Hall–Kier alpha value is -0.330. The smallest absolute Gasteiger partial charge is 0.126 e. The third kappa shape index (κ3) is 2.67. The van der Waals surface area contributed by atoms with Crippen LogP contribution in [-0.2, 0) is 4.79 Å². The summed E-state index contributed by atoms with van der Waals surface area (Å²) in [6.45, 7) is 0. The summed E-state index contributed by atoms with van der Waals surface area (Å²) in [6, 6.07) is 0. The Morgan fingerprint density at radius 2 is 1.25 bits per heavy atom. The van der Waals surface area contributed by atoms with Crippen molar-refractivity contribution < 1.29 is 4.79 Å². The highest BCUT2D eigenvalue weighted by Crippen LogP contribution is 2.45. The zero-order valence-electron chi connectivity index (χ0n) is 10.5. The second-order valence-electron chi connectivity index (χ2n) is 5.95. The minimum atomic E-state index is 0.0842. The molecule has 0 aromatic rings. The SMILES string of the molecule is O=CC1(C2CCCCCC2)CCCCCC1. The van der Waals surface area contributed by atoms with E-state index in [4.69, 9.17) is 0 Å². The lowest BCUT2D eigenvalue weighted by Gasteiger charge is -2.35. The van der Waals surface area contributed by atoms with Gasteiger partial charge < -0.3 is 4.79 Å². The van der Waals surface area contributed by atoms with Crippen molar-refractivity contribution in [2.24, 2.45) is 11.3 Å². The lowest BCUT2D eigenvalue weighted by molar-refractivity contribution is -0.120. The molecule has 0 saturated heterocycles. The van der Waals surface area contributed by atoms with Crippen molar-refractivity contribution in [2.45, 2.75) is 77.0 Å². The summed E-state index contributed by atoms with van der Waals surface area (Å²) in [6.07, 6.45) is 17.1. The Morgan fingerprint density at radius 3 is 1.75 bits per heavy atom. The third-order valence-electron chi connectivity index (χ3n) is 4.94. The molecule has 0 N–H and O–H groups in total. The standard InChI is InChI=1S/C15H26O/c16-13-15(11-7-3-4-8-12-15)14-9-5-1-2-6-10-14/h13-14H,1-12H2. The predicted octanol–water partition coefficient (Wildman–Crippen LogP) is 4.50. The van der Waals surface area contributed by atoms with E-state index in [1.807, 2.05) is 0 Å². The summed E-state index contributed by atoms with van der Waals surface area (Å²) in [5.74, 6) is 0.714. The van der Waals surface area contributed by atoms with Crippen LogP contribution in [0.25, 0.3) is 0 Å². The van der Waals surface area contributed by atoms with E-state index in [0.717, 1.165) is 0 Å². The first-order valence-corrected chi connectivity index (χ1v) is 7.34. The molecule has 2 saturated carbocycles. The summed E-state index contributed by atoms with van der Waals surface area (Å²) in [4.78, 5) is 11.6. The molecule has 2 rings (SSSR count). The van der Waals surface area contributed by atoms with Crippen molar-refractivity contribution in [3.8, 4) is 0 Å².